The van der Waals surface area contributed by atoms with Gasteiger partial charge in [0.25, 0.3) is 5.91 Å². The Labute approximate surface area is 133 Å². The quantitative estimate of drug-likeness (QED) is 0.782. The normalized spacial score (nSPS) is 10.3. The predicted octanol–water partition coefficient (Wildman–Crippen LogP) is 2.31. The van der Waals surface area contributed by atoms with Gasteiger partial charge in [-0.25, -0.2) is 14.6 Å². The molecule has 116 valence electrons. The zero-order valence-corrected chi connectivity index (χ0v) is 12.5. The SMILES string of the molecule is CCOc1ncc(NC(=O)c2cccc(-n3cccn3)c2)cn1. The van der Waals surface area contributed by atoms with Crippen LogP contribution in [0.4, 0.5) is 5.69 Å². The number of nitrogens with zero attached hydrogens (tertiary/aromatic N) is 4. The molecule has 23 heavy (non-hydrogen) atoms. The molecular formula is C16H15N5O2. The molecule has 0 bridgehead atoms. The highest BCUT2D eigenvalue weighted by Gasteiger charge is 2.08. The summed E-state index contributed by atoms with van der Waals surface area (Å²) in [6, 6.07) is 9.29. The Hall–Kier alpha value is -3.22. The highest BCUT2D eigenvalue weighted by atomic mass is 16.5. The minimum Gasteiger partial charge on any atom is -0.464 e. The average Bonchev–Trinajstić information content (AvgIpc) is 3.12. The van der Waals surface area contributed by atoms with E-state index in [1.807, 2.05) is 25.3 Å². The molecule has 7 heteroatoms. The molecule has 0 aliphatic heterocycles. The summed E-state index contributed by atoms with van der Waals surface area (Å²) in [5.74, 6) is -0.244. The molecule has 0 aliphatic rings. The molecule has 2 heterocycles. The Morgan fingerprint density at radius 2 is 2.09 bits per heavy atom. The van der Waals surface area contributed by atoms with E-state index in [2.05, 4.69) is 20.4 Å². The van der Waals surface area contributed by atoms with Crippen LogP contribution in [0.5, 0.6) is 6.01 Å². The van der Waals surface area contributed by atoms with Gasteiger partial charge in [-0.05, 0) is 31.2 Å². The second-order valence-corrected chi connectivity index (χ2v) is 4.64. The van der Waals surface area contributed by atoms with Crippen molar-refractivity contribution in [2.75, 3.05) is 11.9 Å². The van der Waals surface area contributed by atoms with E-state index < -0.39 is 0 Å². The first-order valence-electron chi connectivity index (χ1n) is 7.12. The van der Waals surface area contributed by atoms with Gasteiger partial charge in [-0.3, -0.25) is 4.79 Å². The summed E-state index contributed by atoms with van der Waals surface area (Å²) in [4.78, 5) is 20.3. The lowest BCUT2D eigenvalue weighted by molar-refractivity contribution is 0.102. The molecule has 1 amide bonds. The van der Waals surface area contributed by atoms with E-state index in [0.29, 0.717) is 17.9 Å². The molecule has 3 aromatic rings. The second kappa shape index (κ2) is 6.69. The topological polar surface area (TPSA) is 81.9 Å². The van der Waals surface area contributed by atoms with E-state index in [4.69, 9.17) is 4.74 Å². The molecule has 1 aromatic carbocycles. The molecule has 0 fully saturated rings. The maximum atomic E-state index is 12.3. The van der Waals surface area contributed by atoms with Gasteiger partial charge in [0.1, 0.15) is 0 Å². The monoisotopic (exact) mass is 309 g/mol. The lowest BCUT2D eigenvalue weighted by Crippen LogP contribution is -2.13. The van der Waals surface area contributed by atoms with E-state index in [0.717, 1.165) is 5.69 Å². The Morgan fingerprint density at radius 3 is 2.78 bits per heavy atom. The highest BCUT2D eigenvalue weighted by Crippen LogP contribution is 2.13. The summed E-state index contributed by atoms with van der Waals surface area (Å²) in [5, 5.41) is 6.90. The van der Waals surface area contributed by atoms with E-state index in [-0.39, 0.29) is 11.9 Å². The van der Waals surface area contributed by atoms with E-state index in [1.54, 1.807) is 29.1 Å². The molecule has 0 saturated heterocycles. The van der Waals surface area contributed by atoms with Gasteiger partial charge in [0, 0.05) is 18.0 Å². The summed E-state index contributed by atoms with van der Waals surface area (Å²) in [6.45, 7) is 2.34. The van der Waals surface area contributed by atoms with Gasteiger partial charge in [0.2, 0.25) is 0 Å². The van der Waals surface area contributed by atoms with Crippen LogP contribution >= 0.6 is 0 Å². The molecule has 3 rings (SSSR count). The zero-order valence-electron chi connectivity index (χ0n) is 12.5. The van der Waals surface area contributed by atoms with Crippen LogP contribution in [0.15, 0.2) is 55.1 Å². The molecule has 0 unspecified atom stereocenters. The summed E-state index contributed by atoms with van der Waals surface area (Å²) >= 11 is 0. The van der Waals surface area contributed by atoms with Crippen molar-refractivity contribution in [1.29, 1.82) is 0 Å². The van der Waals surface area contributed by atoms with Gasteiger partial charge in [-0.2, -0.15) is 5.10 Å². The van der Waals surface area contributed by atoms with Crippen LogP contribution in [-0.4, -0.2) is 32.3 Å². The lowest BCUT2D eigenvalue weighted by atomic mass is 10.2. The van der Waals surface area contributed by atoms with E-state index >= 15 is 0 Å². The molecule has 0 spiro atoms. The number of aromatic nitrogens is 4. The molecule has 0 saturated carbocycles. The van der Waals surface area contributed by atoms with Gasteiger partial charge in [-0.1, -0.05) is 6.07 Å². The molecule has 7 nitrogen and oxygen atoms in total. The lowest BCUT2D eigenvalue weighted by Gasteiger charge is -2.07. The van der Waals surface area contributed by atoms with Crippen molar-refractivity contribution in [1.82, 2.24) is 19.7 Å². The Balaban J connectivity index is 1.74. The summed E-state index contributed by atoms with van der Waals surface area (Å²) < 4.78 is 6.85. The summed E-state index contributed by atoms with van der Waals surface area (Å²) in [6.07, 6.45) is 6.52. The number of anilines is 1. The number of amides is 1. The van der Waals surface area contributed by atoms with Crippen molar-refractivity contribution in [3.63, 3.8) is 0 Å². The van der Waals surface area contributed by atoms with Gasteiger partial charge in [0.15, 0.2) is 0 Å². The van der Waals surface area contributed by atoms with Crippen LogP contribution in [0.3, 0.4) is 0 Å². The van der Waals surface area contributed by atoms with Crippen LogP contribution in [0.1, 0.15) is 17.3 Å². The Bertz CT molecular complexity index is 784. The zero-order chi connectivity index (χ0) is 16.1. The number of rotatable bonds is 5. The molecule has 2 aromatic heterocycles. The van der Waals surface area contributed by atoms with Crippen molar-refractivity contribution < 1.29 is 9.53 Å². The van der Waals surface area contributed by atoms with Crippen molar-refractivity contribution in [2.24, 2.45) is 0 Å². The molecule has 0 radical (unpaired) electrons. The third kappa shape index (κ3) is 3.52. The summed E-state index contributed by atoms with van der Waals surface area (Å²) in [5.41, 5.74) is 1.83. The first kappa shape index (κ1) is 14.7. The minimum atomic E-state index is -0.244. The van der Waals surface area contributed by atoms with Crippen molar-refractivity contribution >= 4 is 11.6 Å². The fraction of sp³-hybridized carbons (Fsp3) is 0.125. The maximum absolute atomic E-state index is 12.3. The molecule has 0 aliphatic carbocycles. The summed E-state index contributed by atoms with van der Waals surface area (Å²) in [7, 11) is 0. The maximum Gasteiger partial charge on any atom is 0.316 e. The first-order chi connectivity index (χ1) is 11.3. The predicted molar refractivity (Wildman–Crippen MR) is 84.7 cm³/mol. The van der Waals surface area contributed by atoms with Crippen molar-refractivity contribution in [3.05, 3.63) is 60.7 Å². The van der Waals surface area contributed by atoms with E-state index in [9.17, 15) is 4.79 Å². The van der Waals surface area contributed by atoms with Crippen molar-refractivity contribution in [3.8, 4) is 11.7 Å². The molecule has 1 N–H and O–H groups in total. The van der Waals surface area contributed by atoms with Gasteiger partial charge in [0.05, 0.1) is 30.4 Å². The Morgan fingerprint density at radius 1 is 1.26 bits per heavy atom. The number of ether oxygens (including phenoxy) is 1. The molecule has 0 atom stereocenters. The largest absolute Gasteiger partial charge is 0.464 e. The Kier molecular flexibility index (Phi) is 4.28. The number of hydrogen-bond acceptors (Lipinski definition) is 5. The van der Waals surface area contributed by atoms with Crippen LogP contribution in [0, 0.1) is 0 Å². The smallest absolute Gasteiger partial charge is 0.316 e. The second-order valence-electron chi connectivity index (χ2n) is 4.64. The number of hydrogen-bond donors (Lipinski definition) is 1. The standard InChI is InChI=1S/C16H15N5O2/c1-2-23-16-17-10-13(11-18-16)20-15(22)12-5-3-6-14(9-12)21-8-4-7-19-21/h3-11H,2H2,1H3,(H,20,22). The van der Waals surface area contributed by atoms with Gasteiger partial charge >= 0.3 is 6.01 Å². The van der Waals surface area contributed by atoms with Crippen LogP contribution in [-0.2, 0) is 0 Å². The van der Waals surface area contributed by atoms with Crippen molar-refractivity contribution in [2.45, 2.75) is 6.92 Å². The fourth-order valence-electron chi connectivity index (χ4n) is 2.00. The number of carbonyl (C=O) groups excluding carboxylic acids is 1. The van der Waals surface area contributed by atoms with Gasteiger partial charge in [-0.15, -0.1) is 0 Å². The van der Waals surface area contributed by atoms with Crippen LogP contribution in [0.2, 0.25) is 0 Å². The highest BCUT2D eigenvalue weighted by molar-refractivity contribution is 6.04. The fourth-order valence-corrected chi connectivity index (χ4v) is 2.00. The third-order valence-corrected chi connectivity index (χ3v) is 3.04. The van der Waals surface area contributed by atoms with Gasteiger partial charge < -0.3 is 10.1 Å². The first-order valence-corrected chi connectivity index (χ1v) is 7.12. The number of nitrogens with one attached hydrogen (secondary N) is 1. The van der Waals surface area contributed by atoms with Crippen LogP contribution in [0.25, 0.3) is 5.69 Å². The average molecular weight is 309 g/mol. The third-order valence-electron chi connectivity index (χ3n) is 3.04. The molecular weight excluding hydrogens is 294 g/mol. The minimum absolute atomic E-state index is 0.244. The number of carbonyl (C=O) groups is 1. The van der Waals surface area contributed by atoms with Crippen LogP contribution < -0.4 is 10.1 Å². The van der Waals surface area contributed by atoms with E-state index in [1.165, 1.54) is 12.4 Å². The number of benzene rings is 1.